The average Bonchev–Trinajstić information content (AvgIpc) is 3.47. The van der Waals surface area contributed by atoms with Crippen LogP contribution in [0.3, 0.4) is 0 Å². The summed E-state index contributed by atoms with van der Waals surface area (Å²) in [5, 5.41) is 12.4. The zero-order valence-corrected chi connectivity index (χ0v) is 23.2. The van der Waals surface area contributed by atoms with Gasteiger partial charge >= 0.3 is 5.97 Å². The molecule has 0 radical (unpaired) electrons. The molecule has 0 spiro atoms. The first-order chi connectivity index (χ1) is 19.1. The minimum absolute atomic E-state index is 0.382. The number of benzene rings is 2. The highest BCUT2D eigenvalue weighted by Crippen LogP contribution is 2.47. The first-order valence-corrected chi connectivity index (χ1v) is 15.1. The molecule has 204 valence electrons. The van der Waals surface area contributed by atoms with E-state index in [0.717, 1.165) is 64.3 Å². The van der Waals surface area contributed by atoms with E-state index in [2.05, 4.69) is 56.3 Å². The summed E-state index contributed by atoms with van der Waals surface area (Å²) in [6, 6.07) is 12.7. The number of carboxylic acids is 1. The lowest BCUT2D eigenvalue weighted by Crippen LogP contribution is -2.45. The number of para-hydroxylation sites is 1. The van der Waals surface area contributed by atoms with Crippen molar-refractivity contribution in [2.24, 2.45) is 0 Å². The summed E-state index contributed by atoms with van der Waals surface area (Å²) in [6.45, 7) is 10.9. The molecule has 0 bridgehead atoms. The van der Waals surface area contributed by atoms with E-state index in [1.165, 1.54) is 70.8 Å². The maximum Gasteiger partial charge on any atom is 0.335 e. The van der Waals surface area contributed by atoms with Gasteiger partial charge in [-0.1, -0.05) is 50.5 Å². The molecule has 6 heteroatoms. The summed E-state index contributed by atoms with van der Waals surface area (Å²) >= 11 is 0. The van der Waals surface area contributed by atoms with Crippen molar-refractivity contribution in [2.45, 2.75) is 71.0 Å². The van der Waals surface area contributed by atoms with Crippen LogP contribution < -0.4 is 0 Å². The van der Waals surface area contributed by atoms with Crippen molar-refractivity contribution in [3.05, 3.63) is 59.3 Å². The van der Waals surface area contributed by atoms with Crippen LogP contribution in [0.5, 0.6) is 0 Å². The highest BCUT2D eigenvalue weighted by molar-refractivity contribution is 6.03. The number of fused-ring (bicyclic) bond motifs is 4. The lowest BCUT2D eigenvalue weighted by molar-refractivity contribution is 0.0697. The second kappa shape index (κ2) is 10.1. The highest BCUT2D eigenvalue weighted by Gasteiger charge is 2.30. The predicted molar refractivity (Wildman–Crippen MR) is 158 cm³/mol. The Morgan fingerprint density at radius 2 is 1.69 bits per heavy atom. The van der Waals surface area contributed by atoms with E-state index >= 15 is 0 Å². The number of likely N-dealkylation sites (N-methyl/N-ethyl adjacent to an activating group) is 1. The Labute approximate surface area is 230 Å². The third-order valence-electron chi connectivity index (χ3n) is 9.69. The molecule has 2 aliphatic heterocycles. The number of piperazine rings is 1. The van der Waals surface area contributed by atoms with Crippen molar-refractivity contribution in [3.63, 3.8) is 0 Å². The summed E-state index contributed by atoms with van der Waals surface area (Å²) in [4.78, 5) is 17.1. The van der Waals surface area contributed by atoms with E-state index in [-0.39, 0.29) is 0 Å². The minimum Gasteiger partial charge on any atom is -0.478 e. The maximum absolute atomic E-state index is 11.9. The van der Waals surface area contributed by atoms with Gasteiger partial charge in [-0.15, -0.1) is 0 Å². The molecule has 1 aliphatic carbocycles. The van der Waals surface area contributed by atoms with Gasteiger partial charge in [-0.05, 0) is 55.0 Å². The van der Waals surface area contributed by atoms with Crippen molar-refractivity contribution in [1.29, 1.82) is 0 Å². The zero-order chi connectivity index (χ0) is 26.5. The van der Waals surface area contributed by atoms with Gasteiger partial charge in [0, 0.05) is 73.9 Å². The number of carboxylic acid groups (broad SMARTS) is 1. The van der Waals surface area contributed by atoms with Crippen LogP contribution >= 0.6 is 0 Å². The molecular weight excluding hydrogens is 484 g/mol. The third kappa shape index (κ3) is 4.29. The summed E-state index contributed by atoms with van der Waals surface area (Å²) in [7, 11) is 0. The lowest BCUT2D eigenvalue weighted by atomic mass is 9.81. The number of aromatic carboxylic acids is 1. The zero-order valence-electron chi connectivity index (χ0n) is 23.2. The molecule has 7 rings (SSSR count). The fourth-order valence-electron chi connectivity index (χ4n) is 7.67. The molecule has 0 unspecified atom stereocenters. The molecule has 0 atom stereocenters. The molecule has 2 aromatic heterocycles. The first-order valence-electron chi connectivity index (χ1n) is 15.1. The lowest BCUT2D eigenvalue weighted by Gasteiger charge is -2.33. The van der Waals surface area contributed by atoms with E-state index in [9.17, 15) is 9.90 Å². The molecule has 2 fully saturated rings. The molecule has 39 heavy (non-hydrogen) atoms. The van der Waals surface area contributed by atoms with E-state index in [0.29, 0.717) is 11.5 Å². The fourth-order valence-corrected chi connectivity index (χ4v) is 7.67. The number of hydrogen-bond donors (Lipinski definition) is 1. The summed E-state index contributed by atoms with van der Waals surface area (Å²) in [5.74, 6) is -0.321. The summed E-state index contributed by atoms with van der Waals surface area (Å²) in [5.41, 5.74) is 8.40. The van der Waals surface area contributed by atoms with Crippen LogP contribution in [0.25, 0.3) is 33.1 Å². The van der Waals surface area contributed by atoms with Gasteiger partial charge in [-0.2, -0.15) is 0 Å². The molecular formula is C33H40N4O2. The van der Waals surface area contributed by atoms with Gasteiger partial charge in [-0.3, -0.25) is 4.90 Å². The maximum atomic E-state index is 11.9. The van der Waals surface area contributed by atoms with Crippen LogP contribution in [0.2, 0.25) is 0 Å². The van der Waals surface area contributed by atoms with Crippen LogP contribution in [0.15, 0.2) is 42.6 Å². The van der Waals surface area contributed by atoms with Crippen LogP contribution in [-0.4, -0.2) is 62.7 Å². The number of aryl methyl sites for hydroxylation is 2. The molecule has 1 saturated heterocycles. The Morgan fingerprint density at radius 3 is 2.46 bits per heavy atom. The Hall–Kier alpha value is -3.09. The molecule has 4 aromatic rings. The number of rotatable bonds is 5. The standard InChI is InChI=1S/C33H40N4O2/c1-2-34-16-18-35(19-17-34)21-25-22-36-14-7-15-37-29-20-24(33(38)39)12-13-27(29)30(23-8-4-3-5-9-23)32(37)28-11-6-10-26(25)31(28)36/h6,10-13,20,22-23H,2-5,7-9,14-19,21H2,1H3,(H,38,39). The Kier molecular flexibility index (Phi) is 6.48. The topological polar surface area (TPSA) is 53.6 Å². The van der Waals surface area contributed by atoms with Gasteiger partial charge in [0.05, 0.1) is 16.8 Å². The smallest absolute Gasteiger partial charge is 0.335 e. The van der Waals surface area contributed by atoms with Crippen LogP contribution in [0, 0.1) is 0 Å². The molecule has 0 amide bonds. The molecule has 4 heterocycles. The van der Waals surface area contributed by atoms with Gasteiger partial charge in [0.1, 0.15) is 0 Å². The molecule has 2 aromatic carbocycles. The van der Waals surface area contributed by atoms with Gasteiger partial charge in [-0.25, -0.2) is 4.79 Å². The van der Waals surface area contributed by atoms with Gasteiger partial charge in [0.15, 0.2) is 0 Å². The second-order valence-corrected chi connectivity index (χ2v) is 11.9. The van der Waals surface area contributed by atoms with E-state index in [1.807, 2.05) is 12.1 Å². The highest BCUT2D eigenvalue weighted by atomic mass is 16.4. The van der Waals surface area contributed by atoms with Crippen LogP contribution in [-0.2, 0) is 19.6 Å². The Balaban J connectivity index is 1.40. The van der Waals surface area contributed by atoms with E-state index < -0.39 is 5.97 Å². The van der Waals surface area contributed by atoms with Crippen molar-refractivity contribution in [2.75, 3.05) is 32.7 Å². The number of carbonyl (C=O) groups is 1. The molecule has 1 N–H and O–H groups in total. The Morgan fingerprint density at radius 1 is 0.897 bits per heavy atom. The first kappa shape index (κ1) is 24.9. The van der Waals surface area contributed by atoms with Crippen LogP contribution in [0.4, 0.5) is 0 Å². The normalized spacial score (nSPS) is 19.3. The van der Waals surface area contributed by atoms with Gasteiger partial charge < -0.3 is 19.1 Å². The largest absolute Gasteiger partial charge is 0.478 e. The summed E-state index contributed by atoms with van der Waals surface area (Å²) < 4.78 is 5.00. The SMILES string of the molecule is CCN1CCN(Cc2cn3c4c(cccc24)-c2c(C4CCCCC4)c4ccc(C(=O)O)cc4n2CCC3)CC1. The average molecular weight is 525 g/mol. The van der Waals surface area contributed by atoms with Crippen LogP contribution in [0.1, 0.15) is 72.9 Å². The van der Waals surface area contributed by atoms with Crippen molar-refractivity contribution in [3.8, 4) is 11.3 Å². The summed E-state index contributed by atoms with van der Waals surface area (Å²) in [6.07, 6.45) is 9.78. The van der Waals surface area contributed by atoms with Crippen molar-refractivity contribution in [1.82, 2.24) is 18.9 Å². The quantitative estimate of drug-likeness (QED) is 0.322. The fraction of sp³-hybridized carbons (Fsp3) is 0.485. The van der Waals surface area contributed by atoms with E-state index in [4.69, 9.17) is 0 Å². The van der Waals surface area contributed by atoms with Gasteiger partial charge in [0.2, 0.25) is 0 Å². The van der Waals surface area contributed by atoms with Crippen molar-refractivity contribution >= 4 is 27.8 Å². The molecule has 6 nitrogen and oxygen atoms in total. The molecule has 1 saturated carbocycles. The van der Waals surface area contributed by atoms with E-state index in [1.54, 1.807) is 0 Å². The third-order valence-corrected chi connectivity index (χ3v) is 9.69. The van der Waals surface area contributed by atoms with Gasteiger partial charge in [0.25, 0.3) is 0 Å². The Bertz CT molecular complexity index is 1530. The number of nitrogens with zero attached hydrogens (tertiary/aromatic N) is 4. The second-order valence-electron chi connectivity index (χ2n) is 11.9. The minimum atomic E-state index is -0.849. The predicted octanol–water partition coefficient (Wildman–Crippen LogP) is 6.55. The monoisotopic (exact) mass is 524 g/mol. The van der Waals surface area contributed by atoms with Crippen molar-refractivity contribution < 1.29 is 9.90 Å². The molecule has 3 aliphatic rings. The number of aromatic nitrogens is 2. The number of hydrogen-bond acceptors (Lipinski definition) is 3.